The van der Waals surface area contributed by atoms with Crippen LogP contribution < -0.4 is 5.32 Å². The molecule has 6 nitrogen and oxygen atoms in total. The van der Waals surface area contributed by atoms with Crippen LogP contribution in [0.3, 0.4) is 0 Å². The maximum absolute atomic E-state index is 12.2. The molecule has 0 aromatic carbocycles. The number of rotatable bonds is 9. The molecule has 0 aliphatic heterocycles. The van der Waals surface area contributed by atoms with E-state index in [0.29, 0.717) is 35.7 Å². The summed E-state index contributed by atoms with van der Waals surface area (Å²) in [6, 6.07) is 3.64. The third-order valence-electron chi connectivity index (χ3n) is 3.44. The zero-order valence-corrected chi connectivity index (χ0v) is 15.2. The monoisotopic (exact) mass is 348 g/mol. The van der Waals surface area contributed by atoms with E-state index in [1.165, 1.54) is 11.8 Å². The molecule has 2 aromatic rings. The molecule has 2 aromatic heterocycles. The molecule has 0 spiro atoms. The van der Waals surface area contributed by atoms with Crippen LogP contribution in [0.15, 0.2) is 40.6 Å². The second-order valence-corrected chi connectivity index (χ2v) is 7.22. The Morgan fingerprint density at radius 1 is 1.46 bits per heavy atom. The lowest BCUT2D eigenvalue weighted by atomic mass is 10.1. The van der Waals surface area contributed by atoms with E-state index in [2.05, 4.69) is 35.9 Å². The van der Waals surface area contributed by atoms with Crippen molar-refractivity contribution in [1.29, 1.82) is 0 Å². The number of carbonyl (C=O) groups excluding carboxylic acids is 1. The van der Waals surface area contributed by atoms with Gasteiger partial charge in [0.2, 0.25) is 11.7 Å². The molecule has 0 aliphatic rings. The Labute approximate surface area is 146 Å². The van der Waals surface area contributed by atoms with Crippen molar-refractivity contribution in [2.24, 2.45) is 5.92 Å². The van der Waals surface area contributed by atoms with E-state index in [1.807, 2.05) is 17.6 Å². The number of aromatic nitrogens is 3. The first kappa shape index (κ1) is 18.3. The van der Waals surface area contributed by atoms with Gasteiger partial charge in [-0.25, -0.2) is 0 Å². The summed E-state index contributed by atoms with van der Waals surface area (Å²) in [5.74, 6) is 1.85. The van der Waals surface area contributed by atoms with Crippen LogP contribution in [-0.2, 0) is 11.3 Å². The maximum atomic E-state index is 12.2. The summed E-state index contributed by atoms with van der Waals surface area (Å²) in [4.78, 5) is 12.2. The summed E-state index contributed by atoms with van der Waals surface area (Å²) in [5.41, 5.74) is 0. The minimum Gasteiger partial charge on any atom is -0.461 e. The normalized spacial score (nSPS) is 12.3. The van der Waals surface area contributed by atoms with Crippen LogP contribution in [0.1, 0.15) is 27.2 Å². The standard InChI is InChI=1S/C17H24N4O2S/c1-5-10-21-15(14-7-6-11-23-14)19-20-17(21)24-13(4)16(22)18-9-8-12(2)3/h5-7,11-13H,1,8-10H2,2-4H3,(H,18,22). The van der Waals surface area contributed by atoms with E-state index in [-0.39, 0.29) is 11.2 Å². The van der Waals surface area contributed by atoms with Gasteiger partial charge >= 0.3 is 0 Å². The lowest BCUT2D eigenvalue weighted by Crippen LogP contribution is -2.32. The van der Waals surface area contributed by atoms with Gasteiger partial charge in [-0.05, 0) is 31.4 Å². The quantitative estimate of drug-likeness (QED) is 0.555. The Morgan fingerprint density at radius 2 is 2.25 bits per heavy atom. The third kappa shape index (κ3) is 4.74. The molecule has 0 radical (unpaired) electrons. The highest BCUT2D eigenvalue weighted by molar-refractivity contribution is 8.00. The van der Waals surface area contributed by atoms with E-state index in [1.54, 1.807) is 18.4 Å². The highest BCUT2D eigenvalue weighted by atomic mass is 32.2. The Hall–Kier alpha value is -2.02. The first-order chi connectivity index (χ1) is 11.5. The summed E-state index contributed by atoms with van der Waals surface area (Å²) in [6.45, 7) is 11.2. The van der Waals surface area contributed by atoms with Gasteiger partial charge in [0.25, 0.3) is 0 Å². The number of furan rings is 1. The fourth-order valence-electron chi connectivity index (χ4n) is 2.10. The molecular formula is C17H24N4O2S. The molecule has 7 heteroatoms. The largest absolute Gasteiger partial charge is 0.461 e. The summed E-state index contributed by atoms with van der Waals surface area (Å²) in [5, 5.41) is 11.8. The predicted octanol–water partition coefficient (Wildman–Crippen LogP) is 3.37. The minimum atomic E-state index is -0.255. The van der Waals surface area contributed by atoms with Crippen LogP contribution in [0.25, 0.3) is 11.6 Å². The number of hydrogen-bond donors (Lipinski definition) is 1. The van der Waals surface area contributed by atoms with E-state index in [0.717, 1.165) is 6.42 Å². The van der Waals surface area contributed by atoms with Crippen molar-refractivity contribution in [2.75, 3.05) is 6.54 Å². The molecule has 2 heterocycles. The summed E-state index contributed by atoms with van der Waals surface area (Å²) in [6.07, 6.45) is 4.34. The van der Waals surface area contributed by atoms with E-state index in [4.69, 9.17) is 4.42 Å². The Morgan fingerprint density at radius 3 is 2.88 bits per heavy atom. The molecule has 0 saturated carbocycles. The highest BCUT2D eigenvalue weighted by Crippen LogP contribution is 2.27. The van der Waals surface area contributed by atoms with Crippen molar-refractivity contribution in [1.82, 2.24) is 20.1 Å². The van der Waals surface area contributed by atoms with E-state index in [9.17, 15) is 4.79 Å². The van der Waals surface area contributed by atoms with Gasteiger partial charge in [-0.15, -0.1) is 16.8 Å². The van der Waals surface area contributed by atoms with Gasteiger partial charge in [-0.1, -0.05) is 31.7 Å². The molecule has 0 bridgehead atoms. The molecular weight excluding hydrogens is 324 g/mol. The first-order valence-corrected chi connectivity index (χ1v) is 8.93. The average Bonchev–Trinajstić information content (AvgIpc) is 3.17. The first-order valence-electron chi connectivity index (χ1n) is 8.05. The molecule has 1 amide bonds. The zero-order chi connectivity index (χ0) is 17.5. The van der Waals surface area contributed by atoms with Crippen LogP contribution in [0, 0.1) is 5.92 Å². The van der Waals surface area contributed by atoms with Crippen LogP contribution in [0.5, 0.6) is 0 Å². The topological polar surface area (TPSA) is 73.0 Å². The van der Waals surface area contributed by atoms with Gasteiger partial charge in [0.15, 0.2) is 10.9 Å². The summed E-state index contributed by atoms with van der Waals surface area (Å²) in [7, 11) is 0. The van der Waals surface area contributed by atoms with Crippen LogP contribution >= 0.6 is 11.8 Å². The Bertz CT molecular complexity index is 664. The van der Waals surface area contributed by atoms with Crippen molar-refractivity contribution in [3.8, 4) is 11.6 Å². The van der Waals surface area contributed by atoms with Crippen molar-refractivity contribution in [3.05, 3.63) is 31.1 Å². The fraction of sp³-hybridized carbons (Fsp3) is 0.471. The lowest BCUT2D eigenvalue weighted by molar-refractivity contribution is -0.120. The predicted molar refractivity (Wildman–Crippen MR) is 95.7 cm³/mol. The number of nitrogens with one attached hydrogen (secondary N) is 1. The molecule has 1 N–H and O–H groups in total. The lowest BCUT2D eigenvalue weighted by Gasteiger charge is -2.13. The Kier molecular flexibility index (Phi) is 6.66. The summed E-state index contributed by atoms with van der Waals surface area (Å²) < 4.78 is 7.30. The fourth-order valence-corrected chi connectivity index (χ4v) is 2.98. The smallest absolute Gasteiger partial charge is 0.233 e. The molecule has 1 unspecified atom stereocenters. The second kappa shape index (κ2) is 8.73. The van der Waals surface area contributed by atoms with Gasteiger partial charge in [0.1, 0.15) is 0 Å². The molecule has 0 fully saturated rings. The van der Waals surface area contributed by atoms with Crippen LogP contribution in [0.4, 0.5) is 0 Å². The zero-order valence-electron chi connectivity index (χ0n) is 14.4. The SMILES string of the molecule is C=CCn1c(SC(C)C(=O)NCCC(C)C)nnc1-c1ccco1. The number of carbonyl (C=O) groups is 1. The molecule has 24 heavy (non-hydrogen) atoms. The van der Waals surface area contributed by atoms with Crippen molar-refractivity contribution < 1.29 is 9.21 Å². The number of hydrogen-bond acceptors (Lipinski definition) is 5. The highest BCUT2D eigenvalue weighted by Gasteiger charge is 2.21. The van der Waals surface area contributed by atoms with Crippen molar-refractivity contribution >= 4 is 17.7 Å². The maximum Gasteiger partial charge on any atom is 0.233 e. The van der Waals surface area contributed by atoms with Gasteiger partial charge in [-0.3, -0.25) is 9.36 Å². The van der Waals surface area contributed by atoms with Crippen molar-refractivity contribution in [2.45, 2.75) is 44.1 Å². The molecule has 2 rings (SSSR count). The molecule has 130 valence electrons. The van der Waals surface area contributed by atoms with E-state index < -0.39 is 0 Å². The van der Waals surface area contributed by atoms with Crippen molar-refractivity contribution in [3.63, 3.8) is 0 Å². The van der Waals surface area contributed by atoms with Crippen LogP contribution in [-0.4, -0.2) is 32.5 Å². The molecule has 1 atom stereocenters. The number of nitrogens with zero attached hydrogens (tertiary/aromatic N) is 3. The number of thioether (sulfide) groups is 1. The minimum absolute atomic E-state index is 0.00773. The second-order valence-electron chi connectivity index (χ2n) is 5.92. The summed E-state index contributed by atoms with van der Waals surface area (Å²) >= 11 is 1.38. The number of amides is 1. The Balaban J connectivity index is 2.06. The average molecular weight is 348 g/mol. The van der Waals surface area contributed by atoms with Crippen LogP contribution in [0.2, 0.25) is 0 Å². The van der Waals surface area contributed by atoms with Gasteiger partial charge in [-0.2, -0.15) is 0 Å². The van der Waals surface area contributed by atoms with Gasteiger partial charge in [0, 0.05) is 13.1 Å². The van der Waals surface area contributed by atoms with Gasteiger partial charge < -0.3 is 9.73 Å². The number of allylic oxidation sites excluding steroid dienone is 1. The van der Waals surface area contributed by atoms with Gasteiger partial charge in [0.05, 0.1) is 11.5 Å². The molecule has 0 aliphatic carbocycles. The third-order valence-corrected chi connectivity index (χ3v) is 4.52. The molecule has 0 saturated heterocycles. The van der Waals surface area contributed by atoms with E-state index >= 15 is 0 Å².